The van der Waals surface area contributed by atoms with Crippen molar-refractivity contribution in [1.29, 1.82) is 0 Å². The topological polar surface area (TPSA) is 84.3 Å². The largest absolute Gasteiger partial charge is 0.441 e. The van der Waals surface area contributed by atoms with Gasteiger partial charge in [-0.05, 0) is 18.2 Å². The molecule has 1 aliphatic heterocycles. The molecule has 7 nitrogen and oxygen atoms in total. The molecule has 0 aliphatic carbocycles. The summed E-state index contributed by atoms with van der Waals surface area (Å²) >= 11 is 0. The lowest BCUT2D eigenvalue weighted by Gasteiger charge is -2.37. The summed E-state index contributed by atoms with van der Waals surface area (Å²) in [5.41, 5.74) is 8.05. The van der Waals surface area contributed by atoms with E-state index in [0.29, 0.717) is 12.3 Å². The van der Waals surface area contributed by atoms with E-state index >= 15 is 0 Å². The normalized spacial score (nSPS) is 16.6. The smallest absolute Gasteiger partial charge is 0.225 e. The molecule has 0 amide bonds. The molecular weight excluding hydrogens is 340 g/mol. The van der Waals surface area contributed by atoms with E-state index in [0.717, 1.165) is 43.2 Å². The maximum absolute atomic E-state index is 6.36. The molecule has 3 heterocycles. The van der Waals surface area contributed by atoms with Gasteiger partial charge in [0.2, 0.25) is 5.95 Å². The number of fused-ring (bicyclic) bond motifs is 1. The Bertz CT molecular complexity index is 770. The quantitative estimate of drug-likeness (QED) is 0.757. The van der Waals surface area contributed by atoms with Crippen molar-refractivity contribution in [2.45, 2.75) is 12.6 Å². The molecular formula is C17H21ClN6O. The average molecular weight is 361 g/mol. The molecule has 0 spiro atoms. The fraction of sp³-hybridized carbons (Fsp3) is 0.353. The summed E-state index contributed by atoms with van der Waals surface area (Å²) in [7, 11) is 0. The zero-order valence-corrected chi connectivity index (χ0v) is 14.6. The van der Waals surface area contributed by atoms with Crippen molar-refractivity contribution in [3.63, 3.8) is 0 Å². The molecule has 25 heavy (non-hydrogen) atoms. The minimum atomic E-state index is -0.100. The van der Waals surface area contributed by atoms with Crippen LogP contribution in [0.25, 0.3) is 11.1 Å². The summed E-state index contributed by atoms with van der Waals surface area (Å²) in [4.78, 5) is 17.6. The molecule has 132 valence electrons. The highest BCUT2D eigenvalue weighted by Gasteiger charge is 2.24. The number of oxazole rings is 1. The number of nitrogens with zero attached hydrogens (tertiary/aromatic N) is 5. The molecule has 1 aliphatic rings. The monoisotopic (exact) mass is 360 g/mol. The number of para-hydroxylation sites is 2. The van der Waals surface area contributed by atoms with Gasteiger partial charge in [-0.2, -0.15) is 0 Å². The molecule has 0 bridgehead atoms. The third-order valence-electron chi connectivity index (χ3n) is 4.34. The molecule has 1 saturated heterocycles. The third-order valence-corrected chi connectivity index (χ3v) is 4.34. The van der Waals surface area contributed by atoms with E-state index in [9.17, 15) is 0 Å². The van der Waals surface area contributed by atoms with E-state index < -0.39 is 0 Å². The number of anilines is 1. The number of benzene rings is 1. The van der Waals surface area contributed by atoms with Crippen molar-refractivity contribution in [2.75, 3.05) is 31.1 Å². The van der Waals surface area contributed by atoms with Crippen molar-refractivity contribution in [3.05, 3.63) is 48.6 Å². The van der Waals surface area contributed by atoms with Crippen LogP contribution < -0.4 is 10.6 Å². The Hall–Kier alpha value is -2.22. The fourth-order valence-corrected chi connectivity index (χ4v) is 3.02. The van der Waals surface area contributed by atoms with Crippen LogP contribution in [0.1, 0.15) is 5.89 Å². The van der Waals surface area contributed by atoms with Gasteiger partial charge in [-0.15, -0.1) is 12.4 Å². The van der Waals surface area contributed by atoms with Gasteiger partial charge in [0.05, 0.1) is 12.6 Å². The van der Waals surface area contributed by atoms with Crippen LogP contribution in [0.3, 0.4) is 0 Å². The number of piperazine rings is 1. The van der Waals surface area contributed by atoms with Crippen molar-refractivity contribution >= 4 is 29.5 Å². The molecule has 1 fully saturated rings. The Morgan fingerprint density at radius 1 is 1.04 bits per heavy atom. The molecule has 1 aromatic carbocycles. The summed E-state index contributed by atoms with van der Waals surface area (Å²) < 4.78 is 5.77. The van der Waals surface area contributed by atoms with Crippen LogP contribution in [0.15, 0.2) is 47.1 Å². The third kappa shape index (κ3) is 3.89. The lowest BCUT2D eigenvalue weighted by molar-refractivity contribution is 0.180. The van der Waals surface area contributed by atoms with E-state index in [4.69, 9.17) is 10.2 Å². The average Bonchev–Trinajstić information content (AvgIpc) is 3.05. The molecule has 1 unspecified atom stereocenters. The number of hydrogen-bond donors (Lipinski definition) is 1. The fourth-order valence-electron chi connectivity index (χ4n) is 3.02. The predicted molar refractivity (Wildman–Crippen MR) is 98.8 cm³/mol. The molecule has 0 radical (unpaired) electrons. The van der Waals surface area contributed by atoms with Crippen LogP contribution >= 0.6 is 12.4 Å². The molecule has 3 aromatic rings. The van der Waals surface area contributed by atoms with Crippen LogP contribution in [0.5, 0.6) is 0 Å². The number of rotatable bonds is 4. The van der Waals surface area contributed by atoms with Crippen LogP contribution in [-0.4, -0.2) is 52.2 Å². The first-order valence-electron chi connectivity index (χ1n) is 8.15. The van der Waals surface area contributed by atoms with Crippen molar-refractivity contribution in [2.24, 2.45) is 5.73 Å². The molecule has 8 heteroatoms. The SMILES string of the molecule is Cl.NC(Cc1nc2ccccc2o1)N1CCN(c2ncccn2)CC1. The summed E-state index contributed by atoms with van der Waals surface area (Å²) in [6, 6.07) is 9.61. The second kappa shape index (κ2) is 7.77. The summed E-state index contributed by atoms with van der Waals surface area (Å²) in [6.07, 6.45) is 4.05. The summed E-state index contributed by atoms with van der Waals surface area (Å²) in [5.74, 6) is 1.47. The Labute approximate surface area is 152 Å². The minimum Gasteiger partial charge on any atom is -0.441 e. The van der Waals surface area contributed by atoms with Crippen molar-refractivity contribution < 1.29 is 4.42 Å². The van der Waals surface area contributed by atoms with Crippen LogP contribution in [0.4, 0.5) is 5.95 Å². The van der Waals surface area contributed by atoms with Gasteiger partial charge in [0.25, 0.3) is 0 Å². The van der Waals surface area contributed by atoms with Crippen LogP contribution in [0, 0.1) is 0 Å². The second-order valence-electron chi connectivity index (χ2n) is 5.92. The van der Waals surface area contributed by atoms with Gasteiger partial charge in [-0.1, -0.05) is 12.1 Å². The first kappa shape index (κ1) is 17.6. The van der Waals surface area contributed by atoms with Crippen molar-refractivity contribution in [3.8, 4) is 0 Å². The van der Waals surface area contributed by atoms with Gasteiger partial charge in [0.1, 0.15) is 5.52 Å². The Morgan fingerprint density at radius 2 is 1.76 bits per heavy atom. The standard InChI is InChI=1S/C17H20N6O.ClH/c18-15(12-16-21-13-4-1-2-5-14(13)24-16)22-8-10-23(11-9-22)17-19-6-3-7-20-17;/h1-7,15H,8-12,18H2;1H. The zero-order valence-electron chi connectivity index (χ0n) is 13.8. The van der Waals surface area contributed by atoms with Gasteiger partial charge in [-0.3, -0.25) is 4.90 Å². The summed E-state index contributed by atoms with van der Waals surface area (Å²) in [5, 5.41) is 0. The number of aromatic nitrogens is 3. The lowest BCUT2D eigenvalue weighted by Crippen LogP contribution is -2.54. The molecule has 2 aromatic heterocycles. The van der Waals surface area contributed by atoms with E-state index in [1.54, 1.807) is 12.4 Å². The lowest BCUT2D eigenvalue weighted by atomic mass is 10.2. The van der Waals surface area contributed by atoms with Crippen LogP contribution in [0.2, 0.25) is 0 Å². The predicted octanol–water partition coefficient (Wildman–Crippen LogP) is 1.69. The Kier molecular flexibility index (Phi) is 5.47. The molecule has 4 rings (SSSR count). The van der Waals surface area contributed by atoms with Gasteiger partial charge in [0, 0.05) is 38.6 Å². The number of halogens is 1. The van der Waals surface area contributed by atoms with Gasteiger partial charge in [0.15, 0.2) is 11.5 Å². The molecule has 1 atom stereocenters. The number of nitrogens with two attached hydrogens (primary N) is 1. The van der Waals surface area contributed by atoms with E-state index in [2.05, 4.69) is 24.8 Å². The first-order chi connectivity index (χ1) is 11.8. The zero-order chi connectivity index (χ0) is 16.4. The summed E-state index contributed by atoms with van der Waals surface area (Å²) in [6.45, 7) is 3.48. The van der Waals surface area contributed by atoms with Crippen molar-refractivity contribution in [1.82, 2.24) is 19.9 Å². The number of hydrogen-bond acceptors (Lipinski definition) is 7. The first-order valence-corrected chi connectivity index (χ1v) is 8.15. The van der Waals surface area contributed by atoms with Gasteiger partial charge in [-0.25, -0.2) is 15.0 Å². The Balaban J connectivity index is 0.00000182. The maximum atomic E-state index is 6.36. The Morgan fingerprint density at radius 3 is 2.48 bits per heavy atom. The van der Waals surface area contributed by atoms with Crippen LogP contribution in [-0.2, 0) is 6.42 Å². The maximum Gasteiger partial charge on any atom is 0.225 e. The second-order valence-corrected chi connectivity index (χ2v) is 5.92. The van der Waals surface area contributed by atoms with E-state index in [1.807, 2.05) is 30.3 Å². The highest BCUT2D eigenvalue weighted by atomic mass is 35.5. The molecule has 0 saturated carbocycles. The molecule has 2 N–H and O–H groups in total. The highest BCUT2D eigenvalue weighted by Crippen LogP contribution is 2.17. The minimum absolute atomic E-state index is 0. The van der Waals surface area contributed by atoms with E-state index in [1.165, 1.54) is 0 Å². The highest BCUT2D eigenvalue weighted by molar-refractivity contribution is 5.85. The van der Waals surface area contributed by atoms with Gasteiger partial charge >= 0.3 is 0 Å². The van der Waals surface area contributed by atoms with E-state index in [-0.39, 0.29) is 18.6 Å². The van der Waals surface area contributed by atoms with Gasteiger partial charge < -0.3 is 15.1 Å².